The molecule has 2 aromatic rings. The molecule has 1 saturated heterocycles. The van der Waals surface area contributed by atoms with Gasteiger partial charge in [0.1, 0.15) is 6.10 Å². The number of anilines is 1. The molecule has 0 aromatic carbocycles. The van der Waals surface area contributed by atoms with Gasteiger partial charge in [-0.15, -0.1) is 10.2 Å². The SMILES string of the molecule is CCOc1ccc(C(=O)N2CC[C@H](Oc3ccc(N(C)C)nn3)C2)cn1. The fraction of sp³-hybridized carbons (Fsp3) is 0.444. The molecule has 3 heterocycles. The summed E-state index contributed by atoms with van der Waals surface area (Å²) < 4.78 is 11.2. The highest BCUT2D eigenvalue weighted by Gasteiger charge is 2.28. The van der Waals surface area contributed by atoms with Crippen LogP contribution in [0, 0.1) is 0 Å². The van der Waals surface area contributed by atoms with E-state index in [4.69, 9.17) is 9.47 Å². The Bertz CT molecular complexity index is 733. The van der Waals surface area contributed by atoms with E-state index in [0.717, 1.165) is 12.2 Å². The molecule has 0 saturated carbocycles. The first-order chi connectivity index (χ1) is 12.6. The lowest BCUT2D eigenvalue weighted by molar-refractivity contribution is 0.0770. The molecule has 8 nitrogen and oxygen atoms in total. The molecule has 1 aliphatic rings. The fourth-order valence-electron chi connectivity index (χ4n) is 2.72. The van der Waals surface area contributed by atoms with E-state index in [2.05, 4.69) is 15.2 Å². The maximum absolute atomic E-state index is 12.6. The average Bonchev–Trinajstić information content (AvgIpc) is 3.11. The molecule has 1 aliphatic heterocycles. The quantitative estimate of drug-likeness (QED) is 0.777. The number of ether oxygens (including phenoxy) is 2. The molecular weight excluding hydrogens is 334 g/mol. The van der Waals surface area contributed by atoms with Crippen LogP contribution in [0.5, 0.6) is 11.8 Å². The van der Waals surface area contributed by atoms with Crippen LogP contribution in [0.2, 0.25) is 0 Å². The molecule has 0 bridgehead atoms. The van der Waals surface area contributed by atoms with Crippen LogP contribution in [0.25, 0.3) is 0 Å². The summed E-state index contributed by atoms with van der Waals surface area (Å²) in [5.74, 6) is 1.70. The van der Waals surface area contributed by atoms with Crippen molar-refractivity contribution in [3.63, 3.8) is 0 Å². The van der Waals surface area contributed by atoms with Gasteiger partial charge in [-0.1, -0.05) is 0 Å². The van der Waals surface area contributed by atoms with Crippen LogP contribution in [0.3, 0.4) is 0 Å². The van der Waals surface area contributed by atoms with Gasteiger partial charge in [-0.05, 0) is 19.1 Å². The summed E-state index contributed by atoms with van der Waals surface area (Å²) in [6, 6.07) is 7.09. The summed E-state index contributed by atoms with van der Waals surface area (Å²) in [4.78, 5) is 20.4. The lowest BCUT2D eigenvalue weighted by Crippen LogP contribution is -2.31. The van der Waals surface area contributed by atoms with Crippen molar-refractivity contribution in [3.05, 3.63) is 36.0 Å². The summed E-state index contributed by atoms with van der Waals surface area (Å²) in [5.41, 5.74) is 0.546. The van der Waals surface area contributed by atoms with Crippen molar-refractivity contribution in [1.82, 2.24) is 20.1 Å². The number of rotatable bonds is 6. The Balaban J connectivity index is 1.56. The number of carbonyl (C=O) groups excluding carboxylic acids is 1. The zero-order valence-corrected chi connectivity index (χ0v) is 15.3. The van der Waals surface area contributed by atoms with Crippen molar-refractivity contribution >= 4 is 11.7 Å². The Morgan fingerprint density at radius 2 is 2.04 bits per heavy atom. The number of likely N-dealkylation sites (tertiary alicyclic amines) is 1. The van der Waals surface area contributed by atoms with E-state index >= 15 is 0 Å². The van der Waals surface area contributed by atoms with Gasteiger partial charge in [0.2, 0.25) is 11.8 Å². The number of hydrogen-bond acceptors (Lipinski definition) is 7. The van der Waals surface area contributed by atoms with E-state index in [1.165, 1.54) is 0 Å². The minimum absolute atomic E-state index is 0.0549. The molecule has 1 fully saturated rings. The topological polar surface area (TPSA) is 80.7 Å². The van der Waals surface area contributed by atoms with Crippen LogP contribution in [0.1, 0.15) is 23.7 Å². The van der Waals surface area contributed by atoms with Gasteiger partial charge < -0.3 is 19.3 Å². The Morgan fingerprint density at radius 3 is 2.65 bits per heavy atom. The lowest BCUT2D eigenvalue weighted by Gasteiger charge is -2.17. The minimum atomic E-state index is -0.0888. The molecule has 26 heavy (non-hydrogen) atoms. The lowest BCUT2D eigenvalue weighted by atomic mass is 10.2. The first kappa shape index (κ1) is 17.9. The van der Waals surface area contributed by atoms with Gasteiger partial charge in [0.05, 0.1) is 18.7 Å². The van der Waals surface area contributed by atoms with Gasteiger partial charge in [0, 0.05) is 45.4 Å². The molecule has 0 unspecified atom stereocenters. The van der Waals surface area contributed by atoms with Crippen molar-refractivity contribution < 1.29 is 14.3 Å². The normalized spacial score (nSPS) is 16.4. The Kier molecular flexibility index (Phi) is 5.50. The van der Waals surface area contributed by atoms with Gasteiger partial charge >= 0.3 is 0 Å². The van der Waals surface area contributed by atoms with Crippen molar-refractivity contribution in [1.29, 1.82) is 0 Å². The number of pyridine rings is 1. The second kappa shape index (κ2) is 7.99. The molecule has 2 aromatic heterocycles. The van der Waals surface area contributed by atoms with E-state index in [1.54, 1.807) is 29.3 Å². The predicted molar refractivity (Wildman–Crippen MR) is 96.7 cm³/mol. The highest BCUT2D eigenvalue weighted by atomic mass is 16.5. The standard InChI is InChI=1S/C18H23N5O3/c1-4-25-16-7-5-13(11-19-16)18(24)23-10-9-14(12-23)26-17-8-6-15(20-21-17)22(2)3/h5-8,11,14H,4,9-10,12H2,1-3H3/t14-/m0/s1. The van der Waals surface area contributed by atoms with Gasteiger partial charge in [-0.3, -0.25) is 4.79 Å². The van der Waals surface area contributed by atoms with Crippen LogP contribution < -0.4 is 14.4 Å². The Hall–Kier alpha value is -2.90. The van der Waals surface area contributed by atoms with Crippen molar-refractivity contribution in [3.8, 4) is 11.8 Å². The van der Waals surface area contributed by atoms with Crippen LogP contribution in [0.15, 0.2) is 30.5 Å². The molecule has 138 valence electrons. The van der Waals surface area contributed by atoms with Crippen LogP contribution in [-0.2, 0) is 0 Å². The zero-order valence-electron chi connectivity index (χ0n) is 15.3. The molecular formula is C18H23N5O3. The van der Waals surface area contributed by atoms with Crippen molar-refractivity contribution in [2.24, 2.45) is 0 Å². The molecule has 1 amide bonds. The third kappa shape index (κ3) is 4.19. The van der Waals surface area contributed by atoms with Gasteiger partial charge in [0.25, 0.3) is 5.91 Å². The molecule has 0 N–H and O–H groups in total. The number of hydrogen-bond donors (Lipinski definition) is 0. The highest BCUT2D eigenvalue weighted by molar-refractivity contribution is 5.94. The maximum atomic E-state index is 12.6. The molecule has 0 radical (unpaired) electrons. The number of carbonyl (C=O) groups is 1. The molecule has 1 atom stereocenters. The van der Waals surface area contributed by atoms with E-state index in [0.29, 0.717) is 37.0 Å². The van der Waals surface area contributed by atoms with Gasteiger partial charge in [-0.2, -0.15) is 0 Å². The average molecular weight is 357 g/mol. The fourth-order valence-corrected chi connectivity index (χ4v) is 2.72. The predicted octanol–water partition coefficient (Wildman–Crippen LogP) is 1.63. The van der Waals surface area contributed by atoms with Crippen LogP contribution in [-0.4, -0.2) is 65.9 Å². The summed E-state index contributed by atoms with van der Waals surface area (Å²) >= 11 is 0. The van der Waals surface area contributed by atoms with Crippen molar-refractivity contribution in [2.45, 2.75) is 19.4 Å². The van der Waals surface area contributed by atoms with E-state index in [1.807, 2.05) is 32.0 Å². The van der Waals surface area contributed by atoms with E-state index in [9.17, 15) is 4.79 Å². The molecule has 0 aliphatic carbocycles. The van der Waals surface area contributed by atoms with E-state index in [-0.39, 0.29) is 12.0 Å². The smallest absolute Gasteiger partial charge is 0.255 e. The highest BCUT2D eigenvalue weighted by Crippen LogP contribution is 2.19. The molecule has 0 spiro atoms. The summed E-state index contributed by atoms with van der Waals surface area (Å²) in [6.07, 6.45) is 2.22. The number of aromatic nitrogens is 3. The Labute approximate surface area is 152 Å². The number of amides is 1. The maximum Gasteiger partial charge on any atom is 0.255 e. The largest absolute Gasteiger partial charge is 0.478 e. The second-order valence-electron chi connectivity index (χ2n) is 6.22. The first-order valence-corrected chi connectivity index (χ1v) is 8.62. The monoisotopic (exact) mass is 357 g/mol. The van der Waals surface area contributed by atoms with Crippen molar-refractivity contribution in [2.75, 3.05) is 38.7 Å². The zero-order chi connectivity index (χ0) is 18.5. The summed E-state index contributed by atoms with van der Waals surface area (Å²) in [5, 5.41) is 8.17. The third-order valence-electron chi connectivity index (χ3n) is 4.08. The number of nitrogens with zero attached hydrogens (tertiary/aromatic N) is 5. The molecule has 3 rings (SSSR count). The first-order valence-electron chi connectivity index (χ1n) is 8.62. The van der Waals surface area contributed by atoms with E-state index < -0.39 is 0 Å². The third-order valence-corrected chi connectivity index (χ3v) is 4.08. The summed E-state index contributed by atoms with van der Waals surface area (Å²) in [6.45, 7) is 3.59. The summed E-state index contributed by atoms with van der Waals surface area (Å²) in [7, 11) is 3.81. The van der Waals surface area contributed by atoms with Gasteiger partial charge in [0.15, 0.2) is 5.82 Å². The Morgan fingerprint density at radius 1 is 1.23 bits per heavy atom. The minimum Gasteiger partial charge on any atom is -0.478 e. The van der Waals surface area contributed by atoms with Gasteiger partial charge in [-0.25, -0.2) is 4.98 Å². The van der Waals surface area contributed by atoms with Crippen LogP contribution in [0.4, 0.5) is 5.82 Å². The van der Waals surface area contributed by atoms with Crippen LogP contribution >= 0.6 is 0 Å². The molecule has 8 heteroatoms. The second-order valence-corrected chi connectivity index (χ2v) is 6.22.